The van der Waals surface area contributed by atoms with E-state index < -0.39 is 0 Å². The summed E-state index contributed by atoms with van der Waals surface area (Å²) in [6.07, 6.45) is 2.54. The Hall–Kier alpha value is -2.14. The fraction of sp³-hybridized carbons (Fsp3) is 0.474. The lowest BCUT2D eigenvalue weighted by molar-refractivity contribution is 0.0695. The van der Waals surface area contributed by atoms with Gasteiger partial charge < -0.3 is 14.7 Å². The molecule has 128 valence electrons. The second-order valence-electron chi connectivity index (χ2n) is 6.64. The van der Waals surface area contributed by atoms with Gasteiger partial charge in [0.25, 0.3) is 5.91 Å². The van der Waals surface area contributed by atoms with Crippen LogP contribution in [0.15, 0.2) is 24.3 Å². The minimum Gasteiger partial charge on any atom is -0.497 e. The number of aliphatic hydroxyl groups is 1. The van der Waals surface area contributed by atoms with Crippen LogP contribution in [-0.2, 0) is 0 Å². The van der Waals surface area contributed by atoms with Gasteiger partial charge in [0.15, 0.2) is 0 Å². The Morgan fingerprint density at radius 3 is 2.83 bits per heavy atom. The number of hydrogen-bond acceptors (Lipinski definition) is 4. The molecular formula is C19H24N2O3. The summed E-state index contributed by atoms with van der Waals surface area (Å²) in [5.41, 5.74) is 2.23. The van der Waals surface area contributed by atoms with Crippen LogP contribution in [0.4, 0.5) is 0 Å². The van der Waals surface area contributed by atoms with Crippen LogP contribution in [0.3, 0.4) is 0 Å². The van der Waals surface area contributed by atoms with Crippen LogP contribution in [0.5, 0.6) is 5.75 Å². The molecule has 1 aromatic carbocycles. The van der Waals surface area contributed by atoms with Crippen molar-refractivity contribution >= 4 is 16.8 Å². The van der Waals surface area contributed by atoms with Gasteiger partial charge in [-0.15, -0.1) is 0 Å². The maximum Gasteiger partial charge on any atom is 0.254 e. The molecule has 2 atom stereocenters. The predicted octanol–water partition coefficient (Wildman–Crippen LogP) is 2.78. The predicted molar refractivity (Wildman–Crippen MR) is 93.3 cm³/mol. The molecule has 3 rings (SSSR count). The Bertz CT molecular complexity index is 760. The number of aromatic nitrogens is 1. The van der Waals surface area contributed by atoms with E-state index in [9.17, 15) is 9.90 Å². The summed E-state index contributed by atoms with van der Waals surface area (Å²) in [6.45, 7) is 2.47. The van der Waals surface area contributed by atoms with E-state index in [-0.39, 0.29) is 17.9 Å². The van der Waals surface area contributed by atoms with Crippen molar-refractivity contribution in [3.05, 3.63) is 35.5 Å². The van der Waals surface area contributed by atoms with Gasteiger partial charge in [-0.25, -0.2) is 0 Å². The largest absolute Gasteiger partial charge is 0.497 e. The number of ether oxygens (including phenoxy) is 1. The molecule has 1 saturated carbocycles. The fourth-order valence-corrected chi connectivity index (χ4v) is 3.51. The zero-order valence-electron chi connectivity index (χ0n) is 14.5. The van der Waals surface area contributed by atoms with Gasteiger partial charge in [0.05, 0.1) is 24.3 Å². The lowest BCUT2D eigenvalue weighted by Crippen LogP contribution is -2.34. The summed E-state index contributed by atoms with van der Waals surface area (Å²) in [5, 5.41) is 10.8. The summed E-state index contributed by atoms with van der Waals surface area (Å²) >= 11 is 0. The van der Waals surface area contributed by atoms with Crippen LogP contribution in [0, 0.1) is 12.8 Å². The summed E-state index contributed by atoms with van der Waals surface area (Å²) < 4.78 is 5.28. The summed E-state index contributed by atoms with van der Waals surface area (Å²) in [5.74, 6) is 0.830. The lowest BCUT2D eigenvalue weighted by Gasteiger charge is -2.24. The van der Waals surface area contributed by atoms with Crippen molar-refractivity contribution in [2.75, 3.05) is 20.7 Å². The normalized spacial score (nSPS) is 20.3. The maximum atomic E-state index is 13.0. The van der Waals surface area contributed by atoms with Gasteiger partial charge in [0.2, 0.25) is 0 Å². The second-order valence-corrected chi connectivity index (χ2v) is 6.64. The third kappa shape index (κ3) is 3.22. The first kappa shape index (κ1) is 16.7. The molecule has 5 nitrogen and oxygen atoms in total. The highest BCUT2D eigenvalue weighted by atomic mass is 16.5. The number of hydrogen-bond donors (Lipinski definition) is 1. The number of nitrogens with zero attached hydrogens (tertiary/aromatic N) is 2. The summed E-state index contributed by atoms with van der Waals surface area (Å²) in [6, 6.07) is 7.40. The Kier molecular flexibility index (Phi) is 4.71. The van der Waals surface area contributed by atoms with Gasteiger partial charge in [-0.2, -0.15) is 0 Å². The van der Waals surface area contributed by atoms with Gasteiger partial charge in [-0.3, -0.25) is 9.78 Å². The van der Waals surface area contributed by atoms with Gasteiger partial charge in [0, 0.05) is 30.6 Å². The van der Waals surface area contributed by atoms with Crippen LogP contribution in [-0.4, -0.2) is 47.7 Å². The van der Waals surface area contributed by atoms with E-state index in [0.29, 0.717) is 17.9 Å². The molecule has 1 aliphatic rings. The molecule has 24 heavy (non-hydrogen) atoms. The van der Waals surface area contributed by atoms with Crippen molar-refractivity contribution in [2.45, 2.75) is 32.3 Å². The number of carbonyl (C=O) groups is 1. The minimum absolute atomic E-state index is 0.0437. The van der Waals surface area contributed by atoms with E-state index in [2.05, 4.69) is 4.98 Å². The van der Waals surface area contributed by atoms with Crippen LogP contribution < -0.4 is 4.74 Å². The van der Waals surface area contributed by atoms with Crippen molar-refractivity contribution in [1.29, 1.82) is 0 Å². The lowest BCUT2D eigenvalue weighted by atomic mass is 10.0. The monoisotopic (exact) mass is 328 g/mol. The molecule has 1 heterocycles. The van der Waals surface area contributed by atoms with Gasteiger partial charge >= 0.3 is 0 Å². The number of pyridine rings is 1. The van der Waals surface area contributed by atoms with Crippen molar-refractivity contribution in [3.63, 3.8) is 0 Å². The fourth-order valence-electron chi connectivity index (χ4n) is 3.51. The molecule has 1 aromatic heterocycles. The molecule has 2 unspecified atom stereocenters. The average molecular weight is 328 g/mol. The zero-order chi connectivity index (χ0) is 17.3. The van der Waals surface area contributed by atoms with Crippen LogP contribution in [0.1, 0.15) is 35.3 Å². The minimum atomic E-state index is -0.295. The molecule has 0 saturated heterocycles. The van der Waals surface area contributed by atoms with Crippen LogP contribution in [0.25, 0.3) is 10.9 Å². The molecule has 0 spiro atoms. The van der Waals surface area contributed by atoms with E-state index >= 15 is 0 Å². The molecule has 2 aromatic rings. The first-order valence-corrected chi connectivity index (χ1v) is 8.38. The topological polar surface area (TPSA) is 62.7 Å². The van der Waals surface area contributed by atoms with Crippen molar-refractivity contribution in [1.82, 2.24) is 9.88 Å². The number of rotatable bonds is 4. The van der Waals surface area contributed by atoms with Gasteiger partial charge in [0.1, 0.15) is 5.75 Å². The molecule has 1 N–H and O–H groups in total. The maximum absolute atomic E-state index is 13.0. The Balaban J connectivity index is 1.93. The molecule has 1 aliphatic carbocycles. The molecule has 0 aliphatic heterocycles. The Morgan fingerprint density at radius 1 is 1.38 bits per heavy atom. The summed E-state index contributed by atoms with van der Waals surface area (Å²) in [4.78, 5) is 19.2. The van der Waals surface area contributed by atoms with E-state index in [1.165, 1.54) is 0 Å². The van der Waals surface area contributed by atoms with Crippen molar-refractivity contribution < 1.29 is 14.6 Å². The molecule has 0 radical (unpaired) electrons. The number of methoxy groups -OCH3 is 1. The highest BCUT2D eigenvalue weighted by Crippen LogP contribution is 2.28. The quantitative estimate of drug-likeness (QED) is 0.937. The van der Waals surface area contributed by atoms with Crippen LogP contribution >= 0.6 is 0 Å². The van der Waals surface area contributed by atoms with E-state index in [0.717, 1.165) is 35.9 Å². The first-order valence-electron chi connectivity index (χ1n) is 8.38. The second kappa shape index (κ2) is 6.77. The molecule has 1 fully saturated rings. The Labute approximate surface area is 142 Å². The van der Waals surface area contributed by atoms with E-state index in [1.807, 2.05) is 31.2 Å². The molecule has 0 bridgehead atoms. The molecular weight excluding hydrogens is 304 g/mol. The summed E-state index contributed by atoms with van der Waals surface area (Å²) in [7, 11) is 3.41. The highest BCUT2D eigenvalue weighted by Gasteiger charge is 2.28. The number of aliphatic hydroxyl groups excluding tert-OH is 1. The zero-order valence-corrected chi connectivity index (χ0v) is 14.5. The standard InChI is InChI=1S/C19H24N2O3/c1-12-9-16(15-10-14(24-3)7-8-17(15)20-12)19(23)21(2)11-13-5-4-6-18(13)22/h7-10,13,18,22H,4-6,11H2,1-3H3. The number of fused-ring (bicyclic) bond motifs is 1. The first-order chi connectivity index (χ1) is 11.5. The van der Waals surface area contributed by atoms with E-state index in [4.69, 9.17) is 4.74 Å². The van der Waals surface area contributed by atoms with Crippen molar-refractivity contribution in [3.8, 4) is 5.75 Å². The molecule has 5 heteroatoms. The third-order valence-corrected chi connectivity index (χ3v) is 4.85. The van der Waals surface area contributed by atoms with Gasteiger partial charge in [-0.05, 0) is 44.0 Å². The number of aryl methyl sites for hydroxylation is 1. The van der Waals surface area contributed by atoms with Gasteiger partial charge in [-0.1, -0.05) is 6.42 Å². The Morgan fingerprint density at radius 2 is 2.17 bits per heavy atom. The van der Waals surface area contributed by atoms with Crippen molar-refractivity contribution in [2.24, 2.45) is 5.92 Å². The highest BCUT2D eigenvalue weighted by molar-refractivity contribution is 6.06. The third-order valence-electron chi connectivity index (χ3n) is 4.85. The average Bonchev–Trinajstić information content (AvgIpc) is 2.97. The smallest absolute Gasteiger partial charge is 0.254 e. The number of carbonyl (C=O) groups excluding carboxylic acids is 1. The number of amides is 1. The van der Waals surface area contributed by atoms with Crippen LogP contribution in [0.2, 0.25) is 0 Å². The molecule has 1 amide bonds. The van der Waals surface area contributed by atoms with E-state index in [1.54, 1.807) is 19.1 Å². The number of benzene rings is 1. The SMILES string of the molecule is COc1ccc2nc(C)cc(C(=O)N(C)CC3CCCC3O)c2c1.